The van der Waals surface area contributed by atoms with Crippen LogP contribution in [0.3, 0.4) is 0 Å². The molecule has 1 fully saturated rings. The maximum absolute atomic E-state index is 5.63. The Labute approximate surface area is 262 Å². The summed E-state index contributed by atoms with van der Waals surface area (Å²) in [4.78, 5) is 28.0. The number of nitrogens with zero attached hydrogens (tertiary/aromatic N) is 8. The number of fused-ring (bicyclic) bond motifs is 1. The first kappa shape index (κ1) is 28.7. The Morgan fingerprint density at radius 2 is 1.71 bits per heavy atom. The fourth-order valence-electron chi connectivity index (χ4n) is 5.89. The van der Waals surface area contributed by atoms with Gasteiger partial charge in [-0.25, -0.2) is 24.9 Å². The summed E-state index contributed by atoms with van der Waals surface area (Å²) in [5.74, 6) is 3.36. The lowest BCUT2D eigenvalue weighted by molar-refractivity contribution is 0.240. The van der Waals surface area contributed by atoms with Gasteiger partial charge in [-0.15, -0.1) is 0 Å². The Morgan fingerprint density at radius 3 is 2.49 bits per heavy atom. The van der Waals surface area contributed by atoms with E-state index in [9.17, 15) is 0 Å². The summed E-state index contributed by atoms with van der Waals surface area (Å²) in [6, 6.07) is 16.7. The van der Waals surface area contributed by atoms with Crippen LogP contribution in [0.4, 0.5) is 11.8 Å². The molecule has 1 atom stereocenters. The van der Waals surface area contributed by atoms with E-state index in [0.29, 0.717) is 5.82 Å². The molecular formula is C35H37N9O. The molecule has 2 aromatic carbocycles. The first-order valence-corrected chi connectivity index (χ1v) is 15.4. The number of aryl methyl sites for hydroxylation is 3. The molecule has 228 valence electrons. The number of furan rings is 1. The van der Waals surface area contributed by atoms with Crippen molar-refractivity contribution in [2.45, 2.75) is 33.4 Å². The molecule has 0 aliphatic carbocycles. The molecule has 1 aliphatic heterocycles. The Hall–Kier alpha value is -5.09. The van der Waals surface area contributed by atoms with Crippen LogP contribution in [-0.4, -0.2) is 60.6 Å². The molecule has 1 saturated heterocycles. The van der Waals surface area contributed by atoms with E-state index in [1.54, 1.807) is 6.26 Å². The molecule has 0 amide bonds. The lowest BCUT2D eigenvalue weighted by atomic mass is 10.0. The first-order chi connectivity index (χ1) is 21.9. The van der Waals surface area contributed by atoms with Crippen LogP contribution >= 0.6 is 0 Å². The minimum Gasteiger partial charge on any atom is -0.464 e. The van der Waals surface area contributed by atoms with Gasteiger partial charge in [-0.2, -0.15) is 0 Å². The molecule has 1 unspecified atom stereocenters. The fraction of sp³-hybridized carbons (Fsp3) is 0.286. The van der Waals surface area contributed by atoms with Crippen LogP contribution in [0.5, 0.6) is 0 Å². The van der Waals surface area contributed by atoms with Gasteiger partial charge in [0.15, 0.2) is 0 Å². The van der Waals surface area contributed by atoms with Gasteiger partial charge in [0.1, 0.15) is 23.0 Å². The van der Waals surface area contributed by atoms with Gasteiger partial charge in [-0.1, -0.05) is 18.2 Å². The van der Waals surface area contributed by atoms with Crippen molar-refractivity contribution >= 4 is 22.7 Å². The second-order valence-electron chi connectivity index (χ2n) is 11.8. The van der Waals surface area contributed by atoms with Crippen LogP contribution in [0.25, 0.3) is 33.4 Å². The van der Waals surface area contributed by atoms with Gasteiger partial charge in [0, 0.05) is 86.6 Å². The van der Waals surface area contributed by atoms with Crippen LogP contribution in [0, 0.1) is 13.8 Å². The number of piperazine rings is 1. The van der Waals surface area contributed by atoms with Crippen molar-refractivity contribution in [1.29, 1.82) is 0 Å². The summed E-state index contributed by atoms with van der Waals surface area (Å²) in [5, 5.41) is 4.68. The molecule has 1 N–H and O–H groups in total. The van der Waals surface area contributed by atoms with Gasteiger partial charge in [0.2, 0.25) is 5.95 Å². The minimum absolute atomic E-state index is 0.0213. The van der Waals surface area contributed by atoms with E-state index in [4.69, 9.17) is 19.4 Å². The van der Waals surface area contributed by atoms with E-state index in [1.165, 1.54) is 0 Å². The molecule has 0 spiro atoms. The summed E-state index contributed by atoms with van der Waals surface area (Å²) >= 11 is 0. The second kappa shape index (κ2) is 12.1. The highest BCUT2D eigenvalue weighted by Crippen LogP contribution is 2.29. The van der Waals surface area contributed by atoms with E-state index >= 15 is 0 Å². The predicted molar refractivity (Wildman–Crippen MR) is 177 cm³/mol. The third-order valence-corrected chi connectivity index (χ3v) is 8.56. The van der Waals surface area contributed by atoms with Crippen LogP contribution in [-0.2, 0) is 13.6 Å². The van der Waals surface area contributed by atoms with Crippen molar-refractivity contribution in [3.05, 3.63) is 102 Å². The number of hydrogen-bond acceptors (Lipinski definition) is 9. The van der Waals surface area contributed by atoms with Gasteiger partial charge in [0.05, 0.1) is 18.5 Å². The second-order valence-corrected chi connectivity index (χ2v) is 11.8. The van der Waals surface area contributed by atoms with E-state index in [0.717, 1.165) is 94.8 Å². The average Bonchev–Trinajstić information content (AvgIpc) is 3.65. The number of benzene rings is 2. The van der Waals surface area contributed by atoms with Gasteiger partial charge in [-0.3, -0.25) is 4.90 Å². The smallest absolute Gasteiger partial charge is 0.225 e. The van der Waals surface area contributed by atoms with Gasteiger partial charge < -0.3 is 19.2 Å². The highest BCUT2D eigenvalue weighted by Gasteiger charge is 2.20. The van der Waals surface area contributed by atoms with E-state index in [2.05, 4.69) is 73.8 Å². The number of hydrogen-bond donors (Lipinski definition) is 1. The van der Waals surface area contributed by atoms with Crippen molar-refractivity contribution in [2.75, 3.05) is 36.4 Å². The van der Waals surface area contributed by atoms with Crippen LogP contribution in [0.1, 0.15) is 35.7 Å². The summed E-state index contributed by atoms with van der Waals surface area (Å²) in [5.41, 5.74) is 7.12. The Morgan fingerprint density at radius 1 is 0.889 bits per heavy atom. The molecule has 1 aliphatic rings. The van der Waals surface area contributed by atoms with E-state index in [1.807, 2.05) is 57.0 Å². The summed E-state index contributed by atoms with van der Waals surface area (Å²) in [6.07, 6.45) is 9.50. The van der Waals surface area contributed by atoms with Crippen molar-refractivity contribution in [1.82, 2.24) is 34.4 Å². The number of imidazole rings is 1. The molecule has 6 aromatic rings. The van der Waals surface area contributed by atoms with Crippen LogP contribution in [0.15, 0.2) is 84.0 Å². The highest BCUT2D eigenvalue weighted by molar-refractivity contribution is 5.85. The molecule has 7 rings (SSSR count). The quantitative estimate of drug-likeness (QED) is 0.219. The van der Waals surface area contributed by atoms with E-state index < -0.39 is 0 Å². The predicted octanol–water partition coefficient (Wildman–Crippen LogP) is 6.19. The zero-order valence-corrected chi connectivity index (χ0v) is 26.1. The molecular weight excluding hydrogens is 562 g/mol. The molecule has 0 radical (unpaired) electrons. The van der Waals surface area contributed by atoms with Gasteiger partial charge >= 0.3 is 0 Å². The lowest BCUT2D eigenvalue weighted by Gasteiger charge is -2.34. The third kappa shape index (κ3) is 6.14. The molecule has 4 aromatic heterocycles. The van der Waals surface area contributed by atoms with Gasteiger partial charge in [-0.05, 0) is 61.7 Å². The summed E-state index contributed by atoms with van der Waals surface area (Å²) in [6.45, 7) is 10.7. The SMILES string of the molecule is Cc1nc(NC(C)c2cccc(-c3cnc(N4CCN(Cc5nccn5C)CC4)nc3)c2)cc(-c2ccc3occ(C)c3c2)n1. The van der Waals surface area contributed by atoms with E-state index in [-0.39, 0.29) is 6.04 Å². The summed E-state index contributed by atoms with van der Waals surface area (Å²) < 4.78 is 7.71. The number of rotatable bonds is 8. The third-order valence-electron chi connectivity index (χ3n) is 8.56. The zero-order chi connectivity index (χ0) is 30.9. The maximum atomic E-state index is 5.63. The normalized spacial score (nSPS) is 14.6. The lowest BCUT2D eigenvalue weighted by Crippen LogP contribution is -2.46. The molecule has 0 bridgehead atoms. The molecule has 0 saturated carbocycles. The van der Waals surface area contributed by atoms with Gasteiger partial charge in [0.25, 0.3) is 0 Å². The molecule has 10 nitrogen and oxygen atoms in total. The number of aromatic nitrogens is 6. The standard InChI is InChI=1S/C35H37N9O/c1-23-22-45-32-9-8-28(17-30(23)32)31-18-33(41-25(3)40-31)39-24(2)26-6-5-7-27(16-26)29-19-37-35(38-20-29)44-14-12-43(13-15-44)21-34-36-10-11-42(34)4/h5-11,16-20,22,24H,12-15,21H2,1-4H3,(H,39,40,41). The van der Waals surface area contributed by atoms with Crippen molar-refractivity contribution < 1.29 is 4.42 Å². The number of nitrogens with one attached hydrogen (secondary N) is 1. The minimum atomic E-state index is 0.0213. The summed E-state index contributed by atoms with van der Waals surface area (Å²) in [7, 11) is 2.04. The highest BCUT2D eigenvalue weighted by atomic mass is 16.3. The molecule has 45 heavy (non-hydrogen) atoms. The topological polar surface area (TPSA) is 101 Å². The Bertz CT molecular complexity index is 1940. The maximum Gasteiger partial charge on any atom is 0.225 e. The Kier molecular flexibility index (Phi) is 7.72. The fourth-order valence-corrected chi connectivity index (χ4v) is 5.89. The molecule has 5 heterocycles. The first-order valence-electron chi connectivity index (χ1n) is 15.4. The van der Waals surface area contributed by atoms with Crippen LogP contribution in [0.2, 0.25) is 0 Å². The number of anilines is 2. The zero-order valence-electron chi connectivity index (χ0n) is 26.1. The van der Waals surface area contributed by atoms with Crippen LogP contribution < -0.4 is 10.2 Å². The van der Waals surface area contributed by atoms with Crippen molar-refractivity contribution in [2.24, 2.45) is 7.05 Å². The monoisotopic (exact) mass is 599 g/mol. The average molecular weight is 600 g/mol. The molecule has 10 heteroatoms. The Balaban J connectivity index is 1.02. The van der Waals surface area contributed by atoms with Crippen molar-refractivity contribution in [3.63, 3.8) is 0 Å². The largest absolute Gasteiger partial charge is 0.464 e. The van der Waals surface area contributed by atoms with Crippen molar-refractivity contribution in [3.8, 4) is 22.4 Å².